The minimum absolute atomic E-state index is 0.164. The molecule has 1 N–H and O–H groups in total. The smallest absolute Gasteiger partial charge is 0.273 e. The van der Waals surface area contributed by atoms with Crippen LogP contribution in [0.3, 0.4) is 0 Å². The average molecular weight is 168 g/mol. The molecule has 0 bridgehead atoms. The minimum atomic E-state index is -0.164. The molecule has 1 heterocycles. The lowest BCUT2D eigenvalue weighted by atomic mass is 10.3. The van der Waals surface area contributed by atoms with Crippen molar-refractivity contribution >= 4 is 5.91 Å². The molecular weight excluding hydrogens is 156 g/mol. The van der Waals surface area contributed by atoms with Crippen molar-refractivity contribution in [1.29, 1.82) is 0 Å². The zero-order chi connectivity index (χ0) is 8.97. The number of aromatic nitrogens is 1. The topological polar surface area (TPSA) is 55.1 Å². The summed E-state index contributed by atoms with van der Waals surface area (Å²) in [4.78, 5) is 15.0. The van der Waals surface area contributed by atoms with Crippen molar-refractivity contribution < 1.29 is 9.21 Å². The number of oxazole rings is 1. The summed E-state index contributed by atoms with van der Waals surface area (Å²) in [5.74, 6) is 0.395. The van der Waals surface area contributed by atoms with E-state index in [-0.39, 0.29) is 5.91 Å². The Hall–Kier alpha value is -1.32. The second-order valence-electron chi connectivity index (χ2n) is 2.51. The molecule has 0 aromatic carbocycles. The van der Waals surface area contributed by atoms with E-state index in [2.05, 4.69) is 10.3 Å². The summed E-state index contributed by atoms with van der Waals surface area (Å²) in [5, 5.41) is 2.71. The van der Waals surface area contributed by atoms with Crippen LogP contribution >= 0.6 is 0 Å². The van der Waals surface area contributed by atoms with Crippen LogP contribution in [0.4, 0.5) is 0 Å². The van der Waals surface area contributed by atoms with E-state index < -0.39 is 0 Å². The zero-order valence-corrected chi connectivity index (χ0v) is 7.26. The Bertz CT molecular complexity index is 268. The molecule has 0 atom stereocenters. The number of nitrogens with zero attached hydrogens (tertiary/aromatic N) is 1. The van der Waals surface area contributed by atoms with Crippen LogP contribution in [0.1, 0.15) is 29.6 Å². The van der Waals surface area contributed by atoms with Gasteiger partial charge in [-0.3, -0.25) is 4.79 Å². The van der Waals surface area contributed by atoms with Gasteiger partial charge in [0.1, 0.15) is 5.76 Å². The fourth-order valence-corrected chi connectivity index (χ4v) is 0.846. The largest absolute Gasteiger partial charge is 0.448 e. The van der Waals surface area contributed by atoms with Crippen LogP contribution in [0.15, 0.2) is 10.8 Å². The van der Waals surface area contributed by atoms with E-state index in [1.165, 1.54) is 6.39 Å². The predicted octanol–water partition coefficient (Wildman–Crippen LogP) is 1.12. The quantitative estimate of drug-likeness (QED) is 0.735. The van der Waals surface area contributed by atoms with Crippen molar-refractivity contribution in [3.8, 4) is 0 Å². The summed E-state index contributed by atoms with van der Waals surface area (Å²) in [5.41, 5.74) is 0.378. The average Bonchev–Trinajstić information content (AvgIpc) is 2.47. The molecule has 0 fully saturated rings. The molecule has 0 aliphatic heterocycles. The summed E-state index contributed by atoms with van der Waals surface area (Å²) in [6, 6.07) is 0. The number of amides is 1. The van der Waals surface area contributed by atoms with Crippen molar-refractivity contribution in [2.24, 2.45) is 0 Å². The van der Waals surface area contributed by atoms with Gasteiger partial charge in [0, 0.05) is 6.54 Å². The summed E-state index contributed by atoms with van der Waals surface area (Å²) in [7, 11) is 0. The first-order valence-electron chi connectivity index (χ1n) is 3.94. The lowest BCUT2D eigenvalue weighted by molar-refractivity contribution is 0.0948. The number of carbonyl (C=O) groups excluding carboxylic acids is 1. The second kappa shape index (κ2) is 3.90. The van der Waals surface area contributed by atoms with Crippen LogP contribution in [0.5, 0.6) is 0 Å². The van der Waals surface area contributed by atoms with Gasteiger partial charge in [-0.05, 0) is 13.3 Å². The number of aryl methyl sites for hydroxylation is 1. The molecule has 0 radical (unpaired) electrons. The van der Waals surface area contributed by atoms with E-state index in [1.54, 1.807) is 6.92 Å². The van der Waals surface area contributed by atoms with Gasteiger partial charge >= 0.3 is 0 Å². The van der Waals surface area contributed by atoms with Crippen molar-refractivity contribution in [3.05, 3.63) is 17.8 Å². The molecule has 4 nitrogen and oxygen atoms in total. The van der Waals surface area contributed by atoms with Crippen LogP contribution < -0.4 is 5.32 Å². The fraction of sp³-hybridized carbons (Fsp3) is 0.500. The first-order chi connectivity index (χ1) is 5.75. The maximum atomic E-state index is 11.3. The Morgan fingerprint density at radius 1 is 1.75 bits per heavy atom. The highest BCUT2D eigenvalue weighted by molar-refractivity contribution is 5.92. The Balaban J connectivity index is 2.59. The van der Waals surface area contributed by atoms with Crippen LogP contribution in [-0.2, 0) is 0 Å². The lowest BCUT2D eigenvalue weighted by Crippen LogP contribution is -2.24. The summed E-state index contributed by atoms with van der Waals surface area (Å²) in [6.07, 6.45) is 2.19. The molecule has 4 heteroatoms. The third kappa shape index (κ3) is 1.84. The van der Waals surface area contributed by atoms with Gasteiger partial charge in [-0.15, -0.1) is 0 Å². The van der Waals surface area contributed by atoms with Gasteiger partial charge < -0.3 is 9.73 Å². The number of hydrogen-bond donors (Lipinski definition) is 1. The van der Waals surface area contributed by atoms with Crippen LogP contribution in [0.25, 0.3) is 0 Å². The van der Waals surface area contributed by atoms with E-state index in [0.717, 1.165) is 6.42 Å². The monoisotopic (exact) mass is 168 g/mol. The van der Waals surface area contributed by atoms with Crippen molar-refractivity contribution in [2.45, 2.75) is 20.3 Å². The van der Waals surface area contributed by atoms with Crippen LogP contribution in [-0.4, -0.2) is 17.4 Å². The second-order valence-corrected chi connectivity index (χ2v) is 2.51. The van der Waals surface area contributed by atoms with E-state index in [9.17, 15) is 4.79 Å². The van der Waals surface area contributed by atoms with E-state index in [1.807, 2.05) is 6.92 Å². The molecule has 0 aliphatic rings. The molecule has 0 saturated heterocycles. The molecule has 0 aliphatic carbocycles. The van der Waals surface area contributed by atoms with Gasteiger partial charge in [0.15, 0.2) is 12.1 Å². The van der Waals surface area contributed by atoms with Gasteiger partial charge in [0.25, 0.3) is 5.91 Å². The van der Waals surface area contributed by atoms with Crippen molar-refractivity contribution in [3.63, 3.8) is 0 Å². The summed E-state index contributed by atoms with van der Waals surface area (Å²) < 4.78 is 4.89. The summed E-state index contributed by atoms with van der Waals surface area (Å²) in [6.45, 7) is 4.38. The maximum Gasteiger partial charge on any atom is 0.273 e. The standard InChI is InChI=1S/C8H12N2O2/c1-3-4-9-8(11)7-6(2)12-5-10-7/h5H,3-4H2,1-2H3,(H,9,11). The number of rotatable bonds is 3. The highest BCUT2D eigenvalue weighted by Gasteiger charge is 2.11. The molecule has 1 aromatic rings. The van der Waals surface area contributed by atoms with E-state index in [0.29, 0.717) is 18.0 Å². The molecular formula is C8H12N2O2. The van der Waals surface area contributed by atoms with Gasteiger partial charge in [0.2, 0.25) is 0 Å². The molecule has 1 rings (SSSR count). The van der Waals surface area contributed by atoms with Gasteiger partial charge in [-0.25, -0.2) is 4.98 Å². The van der Waals surface area contributed by atoms with E-state index >= 15 is 0 Å². The SMILES string of the molecule is CCCNC(=O)c1ncoc1C. The minimum Gasteiger partial charge on any atom is -0.448 e. The number of nitrogens with one attached hydrogen (secondary N) is 1. The molecule has 0 unspecified atom stereocenters. The van der Waals surface area contributed by atoms with Gasteiger partial charge in [-0.1, -0.05) is 6.92 Å². The molecule has 12 heavy (non-hydrogen) atoms. The van der Waals surface area contributed by atoms with E-state index in [4.69, 9.17) is 4.42 Å². The first kappa shape index (κ1) is 8.77. The molecule has 0 saturated carbocycles. The molecule has 1 amide bonds. The first-order valence-corrected chi connectivity index (χ1v) is 3.94. The van der Waals surface area contributed by atoms with Crippen molar-refractivity contribution in [2.75, 3.05) is 6.54 Å². The Labute approximate surface area is 71.0 Å². The van der Waals surface area contributed by atoms with Crippen LogP contribution in [0.2, 0.25) is 0 Å². The number of carbonyl (C=O) groups is 1. The number of hydrogen-bond acceptors (Lipinski definition) is 3. The highest BCUT2D eigenvalue weighted by atomic mass is 16.3. The Morgan fingerprint density at radius 2 is 2.50 bits per heavy atom. The Morgan fingerprint density at radius 3 is 3.00 bits per heavy atom. The van der Waals surface area contributed by atoms with Crippen LogP contribution in [0, 0.1) is 6.92 Å². The van der Waals surface area contributed by atoms with Gasteiger partial charge in [-0.2, -0.15) is 0 Å². The fourth-order valence-electron chi connectivity index (χ4n) is 0.846. The third-order valence-corrected chi connectivity index (χ3v) is 1.50. The highest BCUT2D eigenvalue weighted by Crippen LogP contribution is 2.03. The molecule has 1 aromatic heterocycles. The lowest BCUT2D eigenvalue weighted by Gasteiger charge is -1.99. The van der Waals surface area contributed by atoms with Gasteiger partial charge in [0.05, 0.1) is 0 Å². The van der Waals surface area contributed by atoms with Crippen molar-refractivity contribution in [1.82, 2.24) is 10.3 Å². The Kier molecular flexibility index (Phi) is 2.85. The third-order valence-electron chi connectivity index (χ3n) is 1.50. The summed E-state index contributed by atoms with van der Waals surface area (Å²) >= 11 is 0. The predicted molar refractivity (Wildman–Crippen MR) is 43.9 cm³/mol. The zero-order valence-electron chi connectivity index (χ0n) is 7.26. The normalized spacial score (nSPS) is 9.83. The molecule has 0 spiro atoms. The molecule has 66 valence electrons. The maximum absolute atomic E-state index is 11.3.